The van der Waals surface area contributed by atoms with Crippen molar-refractivity contribution in [2.24, 2.45) is 15.2 Å². The zero-order valence-corrected chi connectivity index (χ0v) is 40.2. The second-order valence-electron chi connectivity index (χ2n) is 17.8. The fraction of sp³-hybridized carbons (Fsp3) is 0.255. The van der Waals surface area contributed by atoms with E-state index in [1.807, 2.05) is 128 Å². The number of aromatic hydroxyl groups is 1. The molecule has 0 aromatic heterocycles. The van der Waals surface area contributed by atoms with Gasteiger partial charge in [0.2, 0.25) is 5.91 Å². The second-order valence-corrected chi connectivity index (χ2v) is 19.9. The molecule has 0 bridgehead atoms. The van der Waals surface area contributed by atoms with Crippen molar-refractivity contribution < 1.29 is 29.0 Å². The Balaban J connectivity index is 0.863. The fourth-order valence-corrected chi connectivity index (χ4v) is 11.5. The van der Waals surface area contributed by atoms with Gasteiger partial charge in [-0.05, 0) is 126 Å². The van der Waals surface area contributed by atoms with E-state index in [4.69, 9.17) is 9.73 Å². The Kier molecular flexibility index (Phi) is 14.1. The number of ketones is 1. The van der Waals surface area contributed by atoms with Crippen molar-refractivity contribution in [1.82, 2.24) is 10.2 Å². The second kappa shape index (κ2) is 20.7. The Hall–Kier alpha value is -7.03. The number of phenolic OH excluding ortho intramolecular Hbond substituents is 1. The summed E-state index contributed by atoms with van der Waals surface area (Å²) in [4.78, 5) is 63.9. The first-order valence-electron chi connectivity index (χ1n) is 23.0. The number of nitrogens with one attached hydrogen (secondary N) is 1. The zero-order chi connectivity index (χ0) is 48.1. The number of unbranched alkanes of at least 4 members (excludes halogenated alkanes) is 2. The minimum absolute atomic E-state index is 0.0988. The van der Waals surface area contributed by atoms with Crippen molar-refractivity contribution >= 4 is 75.6 Å². The average Bonchev–Trinajstić information content (AvgIpc) is 3.37. The molecule has 3 aliphatic heterocycles. The molecule has 5 aromatic rings. The van der Waals surface area contributed by atoms with Crippen LogP contribution in [0.4, 0.5) is 22.7 Å². The maximum absolute atomic E-state index is 14.6. The van der Waals surface area contributed by atoms with Crippen LogP contribution in [0.15, 0.2) is 183 Å². The molecule has 69 heavy (non-hydrogen) atoms. The molecule has 1 fully saturated rings. The van der Waals surface area contributed by atoms with Crippen LogP contribution in [0.2, 0.25) is 0 Å². The lowest BCUT2D eigenvalue weighted by molar-refractivity contribution is -0.154. The number of azo groups is 1. The van der Waals surface area contributed by atoms with Gasteiger partial charge in [-0.3, -0.25) is 19.3 Å². The predicted molar refractivity (Wildman–Crippen MR) is 273 cm³/mol. The van der Waals surface area contributed by atoms with Crippen molar-refractivity contribution in [2.75, 3.05) is 30.5 Å². The molecule has 0 radical (unpaired) electrons. The van der Waals surface area contributed by atoms with Gasteiger partial charge in [-0.25, -0.2) is 9.79 Å². The molecule has 3 atom stereocenters. The van der Waals surface area contributed by atoms with Crippen LogP contribution in [0.3, 0.4) is 0 Å². The Morgan fingerprint density at radius 3 is 2.22 bits per heavy atom. The van der Waals surface area contributed by atoms with Gasteiger partial charge in [-0.1, -0.05) is 80.4 Å². The van der Waals surface area contributed by atoms with Crippen LogP contribution in [0, 0.1) is 0 Å². The van der Waals surface area contributed by atoms with E-state index >= 15 is 0 Å². The van der Waals surface area contributed by atoms with E-state index in [0.717, 1.165) is 68.3 Å². The summed E-state index contributed by atoms with van der Waals surface area (Å²) in [6.45, 7) is 2.08. The number of carbonyl (C=O) groups excluding carboxylic acids is 4. The monoisotopic (exact) mass is 956 g/mol. The van der Waals surface area contributed by atoms with Gasteiger partial charge in [0.1, 0.15) is 22.9 Å². The Labute approximate surface area is 410 Å². The lowest BCUT2D eigenvalue weighted by Gasteiger charge is -2.50. The molecule has 2 N–H and O–H groups in total. The molecule has 9 rings (SSSR count). The van der Waals surface area contributed by atoms with Gasteiger partial charge < -0.3 is 20.1 Å². The Morgan fingerprint density at radius 2 is 1.55 bits per heavy atom. The SMILES string of the molecule is CN(C)c1ccc(N=Nc2ccc(SCC3=C(C(=O)OC(c4ccccc4)c4ccccc4)N4C(=O)C(NC(=O)CCCCCC5(C)C6=CC(=O)C=CC6=Nc6ccc(O)cc65)C4SC3)cc2)cc1. The summed E-state index contributed by atoms with van der Waals surface area (Å²) in [7, 11) is 3.98. The number of allylic oxidation sites excluding steroid dienone is 4. The molecule has 0 saturated carbocycles. The number of carbonyl (C=O) groups is 4. The molecule has 12 nitrogen and oxygen atoms in total. The summed E-state index contributed by atoms with van der Waals surface area (Å²) in [6.07, 6.45) is 7.15. The number of aliphatic imine (C=N–C) groups is 1. The summed E-state index contributed by atoms with van der Waals surface area (Å²) >= 11 is 3.07. The molecular formula is C55H52N6O6S2. The summed E-state index contributed by atoms with van der Waals surface area (Å²) in [5.41, 5.74) is 7.74. The van der Waals surface area contributed by atoms with Crippen LogP contribution in [0.1, 0.15) is 61.8 Å². The number of ether oxygens (including phenoxy) is 1. The summed E-state index contributed by atoms with van der Waals surface area (Å²) in [5.74, 6) is -0.271. The third-order valence-electron chi connectivity index (χ3n) is 12.8. The summed E-state index contributed by atoms with van der Waals surface area (Å²) in [6, 6.07) is 39.0. The van der Waals surface area contributed by atoms with Gasteiger partial charge in [0.25, 0.3) is 5.91 Å². The van der Waals surface area contributed by atoms with Crippen LogP contribution in [0.25, 0.3) is 0 Å². The number of thioether (sulfide) groups is 2. The predicted octanol–water partition coefficient (Wildman–Crippen LogP) is 11.0. The van der Waals surface area contributed by atoms with E-state index < -0.39 is 28.9 Å². The van der Waals surface area contributed by atoms with E-state index in [-0.39, 0.29) is 35.5 Å². The van der Waals surface area contributed by atoms with E-state index in [0.29, 0.717) is 30.0 Å². The first-order chi connectivity index (χ1) is 33.4. The first kappa shape index (κ1) is 47.1. The van der Waals surface area contributed by atoms with Crippen molar-refractivity contribution in [3.05, 3.63) is 179 Å². The van der Waals surface area contributed by atoms with E-state index in [2.05, 4.69) is 22.5 Å². The van der Waals surface area contributed by atoms with Crippen LogP contribution in [0.5, 0.6) is 5.75 Å². The van der Waals surface area contributed by atoms with Gasteiger partial charge in [0.05, 0.1) is 22.8 Å². The molecule has 3 heterocycles. The Morgan fingerprint density at radius 1 is 0.884 bits per heavy atom. The van der Waals surface area contributed by atoms with E-state index in [9.17, 15) is 24.3 Å². The number of β-lactam (4-membered cyclic amide) rings is 1. The molecule has 14 heteroatoms. The van der Waals surface area contributed by atoms with Gasteiger partial charge in [-0.2, -0.15) is 10.2 Å². The molecule has 1 saturated heterocycles. The topological polar surface area (TPSA) is 153 Å². The number of amides is 2. The normalized spacial score (nSPS) is 19.3. The van der Waals surface area contributed by atoms with Crippen molar-refractivity contribution in [2.45, 2.75) is 66.9 Å². The molecule has 0 spiro atoms. The quantitative estimate of drug-likeness (QED) is 0.0232. The third kappa shape index (κ3) is 10.4. The largest absolute Gasteiger partial charge is 0.508 e. The van der Waals surface area contributed by atoms with Crippen LogP contribution in [-0.2, 0) is 29.3 Å². The van der Waals surface area contributed by atoms with Crippen molar-refractivity contribution in [1.29, 1.82) is 0 Å². The first-order valence-corrected chi connectivity index (χ1v) is 25.0. The van der Waals surface area contributed by atoms with Gasteiger partial charge in [0.15, 0.2) is 11.9 Å². The maximum Gasteiger partial charge on any atom is 0.356 e. The molecule has 5 aromatic carbocycles. The fourth-order valence-electron chi connectivity index (χ4n) is 9.09. The van der Waals surface area contributed by atoms with Gasteiger partial charge >= 0.3 is 5.97 Å². The van der Waals surface area contributed by atoms with Crippen LogP contribution >= 0.6 is 23.5 Å². The summed E-state index contributed by atoms with van der Waals surface area (Å²) < 4.78 is 6.38. The molecule has 2 amide bonds. The van der Waals surface area contributed by atoms with Gasteiger partial charge in [-0.15, -0.1) is 23.5 Å². The highest BCUT2D eigenvalue weighted by atomic mass is 32.2. The van der Waals surface area contributed by atoms with Crippen LogP contribution < -0.4 is 10.2 Å². The van der Waals surface area contributed by atoms with Crippen molar-refractivity contribution in [3.8, 4) is 5.75 Å². The average molecular weight is 957 g/mol. The van der Waals surface area contributed by atoms with E-state index in [1.165, 1.54) is 22.7 Å². The molecule has 4 aliphatic rings. The number of nitrogens with zero attached hydrogens (tertiary/aromatic N) is 5. The summed E-state index contributed by atoms with van der Waals surface area (Å²) in [5, 5.41) is 21.7. The number of benzene rings is 5. The molecule has 3 unspecified atom stereocenters. The molecule has 350 valence electrons. The highest BCUT2D eigenvalue weighted by molar-refractivity contribution is 8.01. The highest BCUT2D eigenvalue weighted by Crippen LogP contribution is 2.48. The number of phenols is 1. The lowest BCUT2D eigenvalue weighted by Crippen LogP contribution is -2.70. The zero-order valence-electron chi connectivity index (χ0n) is 38.6. The minimum Gasteiger partial charge on any atom is -0.508 e. The van der Waals surface area contributed by atoms with Gasteiger partial charge in [0, 0.05) is 48.0 Å². The maximum atomic E-state index is 14.6. The number of rotatable bonds is 17. The number of hydrogen-bond donors (Lipinski definition) is 2. The smallest absolute Gasteiger partial charge is 0.356 e. The highest BCUT2D eigenvalue weighted by Gasteiger charge is 2.54. The van der Waals surface area contributed by atoms with E-state index in [1.54, 1.807) is 42.1 Å². The molecular weight excluding hydrogens is 905 g/mol. The number of anilines is 1. The molecule has 1 aliphatic carbocycles. The Bertz CT molecular complexity index is 2880. The number of esters is 1. The standard InChI is InChI=1S/C55H52N6O6S2/c1-55(44-31-41(62)24-28-46(44)56-47-29-25-42(63)32-45(47)55)30-12-6-11-17-48(64)57-49-52(65)61-50(54(66)67-51(35-13-7-4-8-14-35)36-15-9-5-10-16-36)37(34-69-53(49)61)33-68-43-26-20-39(21-27-43)59-58-38-18-22-40(23-19-38)60(2)3/h4-5,7-10,13-16,18-29,31-32,49,51,53,62H,6,11-12,17,30,33-34H2,1-3H3,(H,57,64). The third-order valence-corrected chi connectivity index (χ3v) is 15.3. The number of fused-ring (bicyclic) bond motifs is 3. The minimum atomic E-state index is -0.793. The van der Waals surface area contributed by atoms with Crippen molar-refractivity contribution in [3.63, 3.8) is 0 Å². The van der Waals surface area contributed by atoms with Crippen LogP contribution in [-0.4, -0.2) is 76.3 Å². The number of hydrogen-bond acceptors (Lipinski definition) is 12. The lowest BCUT2D eigenvalue weighted by atomic mass is 9.67.